The van der Waals surface area contributed by atoms with Crippen molar-refractivity contribution in [1.29, 1.82) is 0 Å². The van der Waals surface area contributed by atoms with Gasteiger partial charge in [0.15, 0.2) is 0 Å². The van der Waals surface area contributed by atoms with Gasteiger partial charge < -0.3 is 14.8 Å². The van der Waals surface area contributed by atoms with E-state index in [-0.39, 0.29) is 11.9 Å². The monoisotopic (exact) mass is 328 g/mol. The molecule has 24 heavy (non-hydrogen) atoms. The Morgan fingerprint density at radius 3 is 2.92 bits per heavy atom. The average molecular weight is 328 g/mol. The average Bonchev–Trinajstić information content (AvgIpc) is 3.17. The number of para-hydroxylation sites is 2. The lowest BCUT2D eigenvalue weighted by Crippen LogP contribution is -2.36. The van der Waals surface area contributed by atoms with E-state index in [1.54, 1.807) is 0 Å². The summed E-state index contributed by atoms with van der Waals surface area (Å²) in [4.78, 5) is 19.1. The molecule has 2 aromatic rings. The van der Waals surface area contributed by atoms with Crippen LogP contribution in [0.1, 0.15) is 51.9 Å². The van der Waals surface area contributed by atoms with Gasteiger partial charge in [-0.05, 0) is 45.7 Å². The van der Waals surface area contributed by atoms with Gasteiger partial charge in [-0.25, -0.2) is 4.98 Å². The molecule has 0 bridgehead atoms. The van der Waals surface area contributed by atoms with E-state index in [2.05, 4.69) is 42.8 Å². The van der Waals surface area contributed by atoms with E-state index < -0.39 is 0 Å². The zero-order valence-electron chi connectivity index (χ0n) is 15.0. The maximum atomic E-state index is 12.3. The summed E-state index contributed by atoms with van der Waals surface area (Å²) in [5.74, 6) is 1.31. The number of aromatic nitrogens is 2. The molecule has 1 aliphatic heterocycles. The standard InChI is InChI=1S/C19H28N4O/c1-4-22-17-10-6-5-9-16(17)21-19(22)15(3)20-12-11-18(24)23-13-7-8-14(23)2/h5-6,9-10,14-15,20H,4,7-8,11-13H2,1-3H3/t14-,15+/m1/s1. The molecule has 1 fully saturated rings. The Hall–Kier alpha value is -1.88. The van der Waals surface area contributed by atoms with Crippen molar-refractivity contribution in [3.05, 3.63) is 30.1 Å². The van der Waals surface area contributed by atoms with Gasteiger partial charge in [0.05, 0.1) is 17.1 Å². The first-order valence-electron chi connectivity index (χ1n) is 9.09. The SMILES string of the molecule is CCn1c([C@H](C)NCCC(=O)N2CCC[C@H]2C)nc2ccccc21. The summed E-state index contributed by atoms with van der Waals surface area (Å²) in [6, 6.07) is 8.76. The number of nitrogens with one attached hydrogen (secondary N) is 1. The number of amides is 1. The highest BCUT2D eigenvalue weighted by Gasteiger charge is 2.24. The van der Waals surface area contributed by atoms with Crippen LogP contribution in [-0.4, -0.2) is 39.5 Å². The Balaban J connectivity index is 1.61. The van der Waals surface area contributed by atoms with Crippen LogP contribution in [0.5, 0.6) is 0 Å². The molecule has 130 valence electrons. The van der Waals surface area contributed by atoms with E-state index >= 15 is 0 Å². The van der Waals surface area contributed by atoms with E-state index in [1.165, 1.54) is 5.52 Å². The molecule has 2 atom stereocenters. The molecule has 0 aliphatic carbocycles. The van der Waals surface area contributed by atoms with E-state index in [0.717, 1.165) is 37.3 Å². The van der Waals surface area contributed by atoms with Gasteiger partial charge in [0.1, 0.15) is 5.82 Å². The van der Waals surface area contributed by atoms with Crippen LogP contribution in [-0.2, 0) is 11.3 Å². The zero-order valence-corrected chi connectivity index (χ0v) is 15.0. The maximum absolute atomic E-state index is 12.3. The summed E-state index contributed by atoms with van der Waals surface area (Å²) in [5.41, 5.74) is 2.20. The summed E-state index contributed by atoms with van der Waals surface area (Å²) >= 11 is 0. The van der Waals surface area contributed by atoms with Crippen molar-refractivity contribution in [3.63, 3.8) is 0 Å². The van der Waals surface area contributed by atoms with Gasteiger partial charge in [0.2, 0.25) is 5.91 Å². The highest BCUT2D eigenvalue weighted by Crippen LogP contribution is 2.21. The number of carbonyl (C=O) groups is 1. The van der Waals surface area contributed by atoms with Crippen molar-refractivity contribution in [2.75, 3.05) is 13.1 Å². The molecule has 5 nitrogen and oxygen atoms in total. The lowest BCUT2D eigenvalue weighted by molar-refractivity contribution is -0.131. The number of hydrogen-bond acceptors (Lipinski definition) is 3. The topological polar surface area (TPSA) is 50.2 Å². The zero-order chi connectivity index (χ0) is 17.1. The Labute approximate surface area is 144 Å². The number of likely N-dealkylation sites (tertiary alicyclic amines) is 1. The molecule has 3 rings (SSSR count). The minimum absolute atomic E-state index is 0.126. The van der Waals surface area contributed by atoms with Crippen LogP contribution in [0.25, 0.3) is 11.0 Å². The second-order valence-corrected chi connectivity index (χ2v) is 6.71. The number of nitrogens with zero attached hydrogens (tertiary/aromatic N) is 3. The van der Waals surface area contributed by atoms with E-state index in [4.69, 9.17) is 4.98 Å². The minimum atomic E-state index is 0.126. The number of hydrogen-bond donors (Lipinski definition) is 1. The molecular formula is C19H28N4O. The van der Waals surface area contributed by atoms with Crippen LogP contribution in [0.4, 0.5) is 0 Å². The van der Waals surface area contributed by atoms with Gasteiger partial charge >= 0.3 is 0 Å². The molecule has 0 saturated carbocycles. The van der Waals surface area contributed by atoms with E-state index in [1.807, 2.05) is 17.0 Å². The summed E-state index contributed by atoms with van der Waals surface area (Å²) in [6.07, 6.45) is 2.83. The van der Waals surface area contributed by atoms with Crippen LogP contribution in [0.15, 0.2) is 24.3 Å². The first-order chi connectivity index (χ1) is 11.6. The van der Waals surface area contributed by atoms with Gasteiger partial charge in [0, 0.05) is 32.1 Å². The van der Waals surface area contributed by atoms with E-state index in [0.29, 0.717) is 19.0 Å². The Kier molecular flexibility index (Phi) is 5.19. The molecule has 2 heterocycles. The number of aryl methyl sites for hydroxylation is 1. The normalized spacial score (nSPS) is 19.1. The fourth-order valence-electron chi connectivity index (χ4n) is 3.69. The van der Waals surface area contributed by atoms with Crippen LogP contribution >= 0.6 is 0 Å². The molecule has 5 heteroatoms. The molecule has 0 radical (unpaired) electrons. The molecule has 1 aliphatic rings. The fourth-order valence-corrected chi connectivity index (χ4v) is 3.69. The van der Waals surface area contributed by atoms with Crippen molar-refractivity contribution in [2.24, 2.45) is 0 Å². The predicted molar refractivity (Wildman–Crippen MR) is 96.9 cm³/mol. The molecule has 1 aromatic heterocycles. The third-order valence-electron chi connectivity index (χ3n) is 5.05. The Morgan fingerprint density at radius 2 is 2.21 bits per heavy atom. The van der Waals surface area contributed by atoms with Crippen molar-refractivity contribution >= 4 is 16.9 Å². The number of fused-ring (bicyclic) bond motifs is 1. The summed E-state index contributed by atoms with van der Waals surface area (Å²) < 4.78 is 2.25. The summed E-state index contributed by atoms with van der Waals surface area (Å²) in [6.45, 7) is 8.91. The smallest absolute Gasteiger partial charge is 0.224 e. The molecule has 1 aromatic carbocycles. The second kappa shape index (κ2) is 7.34. The van der Waals surface area contributed by atoms with Crippen LogP contribution in [0.3, 0.4) is 0 Å². The summed E-state index contributed by atoms with van der Waals surface area (Å²) in [5, 5.41) is 3.47. The molecular weight excluding hydrogens is 300 g/mol. The largest absolute Gasteiger partial charge is 0.340 e. The molecule has 0 spiro atoms. The fraction of sp³-hybridized carbons (Fsp3) is 0.579. The van der Waals surface area contributed by atoms with Gasteiger partial charge in [-0.15, -0.1) is 0 Å². The highest BCUT2D eigenvalue weighted by molar-refractivity contribution is 5.77. The first-order valence-corrected chi connectivity index (χ1v) is 9.09. The molecule has 1 N–H and O–H groups in total. The quantitative estimate of drug-likeness (QED) is 0.886. The van der Waals surface area contributed by atoms with Gasteiger partial charge in [-0.1, -0.05) is 12.1 Å². The molecule has 1 amide bonds. The number of imidazole rings is 1. The Morgan fingerprint density at radius 1 is 1.42 bits per heavy atom. The molecule has 1 saturated heterocycles. The molecule has 0 unspecified atom stereocenters. The third kappa shape index (κ3) is 3.31. The van der Waals surface area contributed by atoms with Crippen molar-refractivity contribution in [2.45, 2.75) is 58.7 Å². The maximum Gasteiger partial charge on any atom is 0.224 e. The number of rotatable bonds is 6. The first kappa shape index (κ1) is 17.0. The minimum Gasteiger partial charge on any atom is -0.340 e. The van der Waals surface area contributed by atoms with Crippen molar-refractivity contribution in [3.8, 4) is 0 Å². The van der Waals surface area contributed by atoms with Crippen molar-refractivity contribution < 1.29 is 4.79 Å². The lowest BCUT2D eigenvalue weighted by Gasteiger charge is -2.22. The summed E-state index contributed by atoms with van der Waals surface area (Å²) in [7, 11) is 0. The highest BCUT2D eigenvalue weighted by atomic mass is 16.2. The predicted octanol–water partition coefficient (Wildman–Crippen LogP) is 3.11. The Bertz CT molecular complexity index is 708. The second-order valence-electron chi connectivity index (χ2n) is 6.71. The third-order valence-corrected chi connectivity index (χ3v) is 5.05. The number of carbonyl (C=O) groups excluding carboxylic acids is 1. The van der Waals surface area contributed by atoms with E-state index in [9.17, 15) is 4.79 Å². The van der Waals surface area contributed by atoms with Crippen LogP contribution < -0.4 is 5.32 Å². The van der Waals surface area contributed by atoms with Crippen LogP contribution in [0, 0.1) is 0 Å². The lowest BCUT2D eigenvalue weighted by atomic mass is 10.2. The van der Waals surface area contributed by atoms with Crippen LogP contribution in [0.2, 0.25) is 0 Å². The van der Waals surface area contributed by atoms with Gasteiger partial charge in [-0.3, -0.25) is 4.79 Å². The number of benzene rings is 1. The van der Waals surface area contributed by atoms with Gasteiger partial charge in [0.25, 0.3) is 0 Å². The van der Waals surface area contributed by atoms with Crippen molar-refractivity contribution in [1.82, 2.24) is 19.8 Å². The van der Waals surface area contributed by atoms with Gasteiger partial charge in [-0.2, -0.15) is 0 Å².